The van der Waals surface area contributed by atoms with Gasteiger partial charge in [0.1, 0.15) is 0 Å². The van der Waals surface area contributed by atoms with Crippen LogP contribution in [0.3, 0.4) is 0 Å². The number of rotatable bonds is 0. The third-order valence-electron chi connectivity index (χ3n) is 3.59. The molecule has 0 saturated carbocycles. The second kappa shape index (κ2) is 4.03. The summed E-state index contributed by atoms with van der Waals surface area (Å²) in [6.45, 7) is 12.7. The van der Waals surface area contributed by atoms with E-state index in [4.69, 9.17) is 23.1 Å². The number of allylic oxidation sites excluding steroid dienone is 2. The molecule has 0 spiro atoms. The van der Waals surface area contributed by atoms with E-state index < -0.39 is 5.54 Å². The summed E-state index contributed by atoms with van der Waals surface area (Å²) in [6.07, 6.45) is 4.07. The van der Waals surface area contributed by atoms with Crippen molar-refractivity contribution < 1.29 is 0 Å². The molecule has 0 bridgehead atoms. The molecule has 2 nitrogen and oxygen atoms in total. The summed E-state index contributed by atoms with van der Waals surface area (Å²) in [5.41, 5.74) is 13.7. The molecule has 0 amide bonds. The van der Waals surface area contributed by atoms with Gasteiger partial charge in [-0.05, 0) is 22.5 Å². The molecule has 2 atom stereocenters. The van der Waals surface area contributed by atoms with E-state index in [0.29, 0.717) is 5.70 Å². The Morgan fingerprint density at radius 2 is 1.65 bits per heavy atom. The molecule has 0 aromatic rings. The zero-order chi connectivity index (χ0) is 13.6. The van der Waals surface area contributed by atoms with E-state index in [2.05, 4.69) is 47.6 Å². The Bertz CT molecular complexity index is 369. The molecule has 3 heteroatoms. The number of halogens is 1. The van der Waals surface area contributed by atoms with Gasteiger partial charge in [-0.2, -0.15) is 0 Å². The molecule has 4 N–H and O–H groups in total. The van der Waals surface area contributed by atoms with Crippen LogP contribution in [0.1, 0.15) is 41.5 Å². The summed E-state index contributed by atoms with van der Waals surface area (Å²) in [7, 11) is 0. The molecule has 0 heterocycles. The summed E-state index contributed by atoms with van der Waals surface area (Å²) in [5, 5.41) is -0.353. The van der Waals surface area contributed by atoms with Gasteiger partial charge in [0.15, 0.2) is 0 Å². The second-order valence-corrected chi connectivity index (χ2v) is 7.48. The minimum Gasteiger partial charge on any atom is -0.401 e. The molecule has 0 saturated heterocycles. The fourth-order valence-corrected chi connectivity index (χ4v) is 2.38. The SMILES string of the molecule is CC(C)(C)C1=CC(N)(C(C)(C)C)C(Cl)C(N)=C1. The Morgan fingerprint density at radius 3 is 2.00 bits per heavy atom. The Labute approximate surface area is 110 Å². The lowest BCUT2D eigenvalue weighted by Gasteiger charge is -2.46. The van der Waals surface area contributed by atoms with Gasteiger partial charge in [-0.25, -0.2) is 0 Å². The Balaban J connectivity index is 3.35. The summed E-state index contributed by atoms with van der Waals surface area (Å²) < 4.78 is 0. The highest BCUT2D eigenvalue weighted by Gasteiger charge is 2.46. The lowest BCUT2D eigenvalue weighted by atomic mass is 9.66. The number of hydrogen-bond donors (Lipinski definition) is 2. The normalized spacial score (nSPS) is 30.9. The Kier molecular flexibility index (Phi) is 3.46. The van der Waals surface area contributed by atoms with Crippen molar-refractivity contribution in [2.45, 2.75) is 52.5 Å². The molecule has 98 valence electrons. The zero-order valence-electron chi connectivity index (χ0n) is 11.8. The fraction of sp³-hybridized carbons (Fsp3) is 0.714. The quantitative estimate of drug-likeness (QED) is 0.654. The lowest BCUT2D eigenvalue weighted by molar-refractivity contribution is 0.236. The van der Waals surface area contributed by atoms with E-state index in [0.717, 1.165) is 5.57 Å². The lowest BCUT2D eigenvalue weighted by Crippen LogP contribution is -2.59. The van der Waals surface area contributed by atoms with Crippen LogP contribution in [-0.2, 0) is 0 Å². The van der Waals surface area contributed by atoms with Crippen molar-refractivity contribution in [1.29, 1.82) is 0 Å². The van der Waals surface area contributed by atoms with Crippen molar-refractivity contribution in [2.75, 3.05) is 0 Å². The van der Waals surface area contributed by atoms with Gasteiger partial charge >= 0.3 is 0 Å². The van der Waals surface area contributed by atoms with Crippen LogP contribution in [0.25, 0.3) is 0 Å². The smallest absolute Gasteiger partial charge is 0.0949 e. The highest BCUT2D eigenvalue weighted by Crippen LogP contribution is 2.43. The van der Waals surface area contributed by atoms with E-state index in [1.807, 2.05) is 6.08 Å². The summed E-state index contributed by atoms with van der Waals surface area (Å²) >= 11 is 6.41. The van der Waals surface area contributed by atoms with E-state index in [1.165, 1.54) is 0 Å². The molecule has 0 aromatic carbocycles. The van der Waals surface area contributed by atoms with Gasteiger partial charge in [0.2, 0.25) is 0 Å². The van der Waals surface area contributed by atoms with Crippen molar-refractivity contribution >= 4 is 11.6 Å². The first-order valence-electron chi connectivity index (χ1n) is 6.03. The maximum absolute atomic E-state index is 6.53. The molecular formula is C14H25ClN2. The average molecular weight is 257 g/mol. The number of hydrogen-bond acceptors (Lipinski definition) is 2. The van der Waals surface area contributed by atoms with E-state index in [9.17, 15) is 0 Å². The van der Waals surface area contributed by atoms with E-state index in [-0.39, 0.29) is 16.2 Å². The van der Waals surface area contributed by atoms with Gasteiger partial charge in [0.05, 0.1) is 10.9 Å². The molecule has 2 unspecified atom stereocenters. The summed E-state index contributed by atoms with van der Waals surface area (Å²) in [6, 6.07) is 0. The third kappa shape index (κ3) is 2.53. The van der Waals surface area contributed by atoms with Crippen LogP contribution in [0.5, 0.6) is 0 Å². The van der Waals surface area contributed by atoms with Crippen LogP contribution < -0.4 is 11.5 Å². The molecule has 1 rings (SSSR count). The third-order valence-corrected chi connectivity index (χ3v) is 4.21. The summed E-state index contributed by atoms with van der Waals surface area (Å²) in [5.74, 6) is 0. The molecule has 1 aliphatic carbocycles. The highest BCUT2D eigenvalue weighted by molar-refractivity contribution is 6.23. The number of alkyl halides is 1. The van der Waals surface area contributed by atoms with Crippen LogP contribution in [0, 0.1) is 10.8 Å². The average Bonchev–Trinajstić information content (AvgIpc) is 2.10. The van der Waals surface area contributed by atoms with Crippen molar-refractivity contribution in [3.05, 3.63) is 23.4 Å². The second-order valence-electron chi connectivity index (χ2n) is 7.04. The van der Waals surface area contributed by atoms with Crippen molar-refractivity contribution in [1.82, 2.24) is 0 Å². The standard InChI is InChI=1S/C14H25ClN2/c1-12(2,3)9-7-10(16)11(15)14(17,8-9)13(4,5)6/h7-8,11H,16-17H2,1-6H3. The molecule has 1 aliphatic rings. The van der Waals surface area contributed by atoms with Crippen LogP contribution >= 0.6 is 11.6 Å². The monoisotopic (exact) mass is 256 g/mol. The first-order valence-corrected chi connectivity index (χ1v) is 6.46. The zero-order valence-corrected chi connectivity index (χ0v) is 12.5. The maximum atomic E-state index is 6.53. The molecule has 0 aliphatic heterocycles. The van der Waals surface area contributed by atoms with Gasteiger partial charge in [-0.3, -0.25) is 0 Å². The fourth-order valence-electron chi connectivity index (χ4n) is 1.93. The highest BCUT2D eigenvalue weighted by atomic mass is 35.5. The molecule has 0 radical (unpaired) electrons. The van der Waals surface area contributed by atoms with Crippen molar-refractivity contribution in [2.24, 2.45) is 22.3 Å². The largest absolute Gasteiger partial charge is 0.401 e. The molecule has 0 aromatic heterocycles. The predicted molar refractivity (Wildman–Crippen MR) is 75.8 cm³/mol. The van der Waals surface area contributed by atoms with E-state index in [1.54, 1.807) is 0 Å². The van der Waals surface area contributed by atoms with Crippen LogP contribution in [0.2, 0.25) is 0 Å². The topological polar surface area (TPSA) is 52.0 Å². The van der Waals surface area contributed by atoms with Crippen LogP contribution in [0.4, 0.5) is 0 Å². The van der Waals surface area contributed by atoms with Crippen LogP contribution in [0.15, 0.2) is 23.4 Å². The summed E-state index contributed by atoms with van der Waals surface area (Å²) in [4.78, 5) is 0. The minimum atomic E-state index is -0.615. The number of nitrogens with two attached hydrogens (primary N) is 2. The first-order chi connectivity index (χ1) is 7.39. The van der Waals surface area contributed by atoms with Gasteiger partial charge < -0.3 is 11.5 Å². The Morgan fingerprint density at radius 1 is 1.18 bits per heavy atom. The first kappa shape index (κ1) is 14.6. The molecule has 0 fully saturated rings. The van der Waals surface area contributed by atoms with Gasteiger partial charge in [-0.1, -0.05) is 47.6 Å². The van der Waals surface area contributed by atoms with Gasteiger partial charge in [-0.15, -0.1) is 11.6 Å². The molecular weight excluding hydrogens is 232 g/mol. The van der Waals surface area contributed by atoms with Crippen LogP contribution in [-0.4, -0.2) is 10.9 Å². The Hall–Kier alpha value is -0.470. The van der Waals surface area contributed by atoms with Gasteiger partial charge in [0, 0.05) is 5.70 Å². The van der Waals surface area contributed by atoms with Gasteiger partial charge in [0.25, 0.3) is 0 Å². The minimum absolute atomic E-state index is 0.0253. The van der Waals surface area contributed by atoms with Crippen molar-refractivity contribution in [3.8, 4) is 0 Å². The van der Waals surface area contributed by atoms with Crippen molar-refractivity contribution in [3.63, 3.8) is 0 Å². The van der Waals surface area contributed by atoms with E-state index >= 15 is 0 Å². The predicted octanol–water partition coefficient (Wildman–Crippen LogP) is 3.17. The maximum Gasteiger partial charge on any atom is 0.0949 e. The molecule has 17 heavy (non-hydrogen) atoms.